The molecular weight excluding hydrogens is 318 g/mol. The SMILES string of the molecule is O=C(OCC(=O)N1CCCc2ccccc21)c1ccc2nc[nH]c2c1. The number of rotatable bonds is 3. The molecule has 0 radical (unpaired) electrons. The minimum Gasteiger partial charge on any atom is -0.452 e. The van der Waals surface area contributed by atoms with E-state index in [1.807, 2.05) is 24.3 Å². The Kier molecular flexibility index (Phi) is 3.93. The van der Waals surface area contributed by atoms with Gasteiger partial charge in [-0.3, -0.25) is 4.79 Å². The van der Waals surface area contributed by atoms with Gasteiger partial charge in [-0.2, -0.15) is 0 Å². The van der Waals surface area contributed by atoms with Crippen LogP contribution in [0.25, 0.3) is 11.0 Å². The van der Waals surface area contributed by atoms with Gasteiger partial charge in [0, 0.05) is 12.2 Å². The summed E-state index contributed by atoms with van der Waals surface area (Å²) in [5.41, 5.74) is 3.98. The van der Waals surface area contributed by atoms with Crippen LogP contribution in [-0.4, -0.2) is 35.0 Å². The Labute approximate surface area is 144 Å². The predicted molar refractivity (Wildman–Crippen MR) is 93.5 cm³/mol. The molecule has 0 bridgehead atoms. The monoisotopic (exact) mass is 335 g/mol. The lowest BCUT2D eigenvalue weighted by molar-refractivity contribution is -0.121. The quantitative estimate of drug-likeness (QED) is 0.747. The summed E-state index contributed by atoms with van der Waals surface area (Å²) in [5.74, 6) is -0.724. The van der Waals surface area contributed by atoms with E-state index in [9.17, 15) is 9.59 Å². The van der Waals surface area contributed by atoms with E-state index in [-0.39, 0.29) is 12.5 Å². The normalized spacial score (nSPS) is 13.5. The van der Waals surface area contributed by atoms with Gasteiger partial charge in [0.25, 0.3) is 5.91 Å². The molecule has 6 nitrogen and oxygen atoms in total. The molecule has 1 aliphatic heterocycles. The Bertz CT molecular complexity index is 948. The number of aromatic nitrogens is 2. The highest BCUT2D eigenvalue weighted by atomic mass is 16.5. The van der Waals surface area contributed by atoms with Crippen LogP contribution in [0, 0.1) is 0 Å². The molecule has 0 unspecified atom stereocenters. The number of hydrogen-bond acceptors (Lipinski definition) is 4. The molecule has 126 valence electrons. The maximum atomic E-state index is 12.5. The van der Waals surface area contributed by atoms with Crippen LogP contribution in [0.4, 0.5) is 5.69 Å². The Hall–Kier alpha value is -3.15. The third kappa shape index (κ3) is 2.98. The molecule has 1 aromatic heterocycles. The van der Waals surface area contributed by atoms with Gasteiger partial charge in [-0.1, -0.05) is 18.2 Å². The van der Waals surface area contributed by atoms with Crippen LogP contribution in [0.3, 0.4) is 0 Å². The molecule has 6 heteroatoms. The number of carbonyl (C=O) groups excluding carboxylic acids is 2. The lowest BCUT2D eigenvalue weighted by atomic mass is 10.0. The number of anilines is 1. The van der Waals surface area contributed by atoms with Crippen molar-refractivity contribution in [2.75, 3.05) is 18.1 Å². The number of carbonyl (C=O) groups is 2. The van der Waals surface area contributed by atoms with Gasteiger partial charge >= 0.3 is 5.97 Å². The van der Waals surface area contributed by atoms with Crippen LogP contribution >= 0.6 is 0 Å². The number of amides is 1. The van der Waals surface area contributed by atoms with Gasteiger partial charge < -0.3 is 14.6 Å². The number of esters is 1. The summed E-state index contributed by atoms with van der Waals surface area (Å²) in [6, 6.07) is 12.9. The smallest absolute Gasteiger partial charge is 0.338 e. The summed E-state index contributed by atoms with van der Waals surface area (Å²) >= 11 is 0. The lowest BCUT2D eigenvalue weighted by Crippen LogP contribution is -2.38. The summed E-state index contributed by atoms with van der Waals surface area (Å²) in [4.78, 5) is 33.5. The molecule has 4 rings (SSSR count). The number of nitrogens with one attached hydrogen (secondary N) is 1. The molecule has 2 heterocycles. The highest BCUT2D eigenvalue weighted by Crippen LogP contribution is 2.26. The third-order valence-electron chi connectivity index (χ3n) is 4.39. The number of imidazole rings is 1. The van der Waals surface area contributed by atoms with Crippen molar-refractivity contribution < 1.29 is 14.3 Å². The number of para-hydroxylation sites is 1. The molecule has 0 saturated carbocycles. The van der Waals surface area contributed by atoms with Crippen molar-refractivity contribution in [2.45, 2.75) is 12.8 Å². The molecule has 3 aromatic rings. The lowest BCUT2D eigenvalue weighted by Gasteiger charge is -2.29. The van der Waals surface area contributed by atoms with Crippen molar-refractivity contribution >= 4 is 28.6 Å². The molecule has 0 atom stereocenters. The molecule has 0 saturated heterocycles. The highest BCUT2D eigenvalue weighted by Gasteiger charge is 2.23. The molecule has 0 spiro atoms. The van der Waals surface area contributed by atoms with Gasteiger partial charge in [0.05, 0.1) is 22.9 Å². The average molecular weight is 335 g/mol. The zero-order valence-corrected chi connectivity index (χ0v) is 13.6. The third-order valence-corrected chi connectivity index (χ3v) is 4.39. The second-order valence-corrected chi connectivity index (χ2v) is 5.99. The van der Waals surface area contributed by atoms with Crippen molar-refractivity contribution in [3.8, 4) is 0 Å². The summed E-state index contributed by atoms with van der Waals surface area (Å²) in [5, 5.41) is 0. The zero-order chi connectivity index (χ0) is 17.2. The second-order valence-electron chi connectivity index (χ2n) is 5.99. The van der Waals surface area contributed by atoms with Crippen molar-refractivity contribution in [1.29, 1.82) is 0 Å². The van der Waals surface area contributed by atoms with Crippen LogP contribution in [0.5, 0.6) is 0 Å². The molecule has 1 aliphatic rings. The predicted octanol–water partition coefficient (Wildman–Crippen LogP) is 2.70. The van der Waals surface area contributed by atoms with E-state index in [1.165, 1.54) is 0 Å². The zero-order valence-electron chi connectivity index (χ0n) is 13.6. The fourth-order valence-electron chi connectivity index (χ4n) is 3.14. The molecule has 1 amide bonds. The van der Waals surface area contributed by atoms with Crippen LogP contribution in [0.2, 0.25) is 0 Å². The summed E-state index contributed by atoms with van der Waals surface area (Å²) < 4.78 is 5.22. The minimum absolute atomic E-state index is 0.205. The van der Waals surface area contributed by atoms with Crippen LogP contribution in [-0.2, 0) is 16.0 Å². The van der Waals surface area contributed by atoms with Crippen LogP contribution in [0.1, 0.15) is 22.3 Å². The Balaban J connectivity index is 1.44. The molecule has 0 aliphatic carbocycles. The van der Waals surface area contributed by atoms with E-state index in [1.54, 1.807) is 29.4 Å². The average Bonchev–Trinajstić information content (AvgIpc) is 3.13. The minimum atomic E-state index is -0.518. The van der Waals surface area contributed by atoms with Crippen LogP contribution in [0.15, 0.2) is 48.8 Å². The first kappa shape index (κ1) is 15.4. The topological polar surface area (TPSA) is 75.3 Å². The number of ether oxygens (including phenoxy) is 1. The van der Waals surface area contributed by atoms with Gasteiger partial charge in [-0.05, 0) is 42.7 Å². The first-order chi connectivity index (χ1) is 12.2. The van der Waals surface area contributed by atoms with E-state index in [0.29, 0.717) is 12.1 Å². The van der Waals surface area contributed by atoms with Gasteiger partial charge in [0.1, 0.15) is 0 Å². The maximum Gasteiger partial charge on any atom is 0.338 e. The molecular formula is C19H17N3O3. The summed E-state index contributed by atoms with van der Waals surface area (Å²) in [6.45, 7) is 0.377. The number of fused-ring (bicyclic) bond motifs is 2. The fourth-order valence-corrected chi connectivity index (χ4v) is 3.14. The number of aromatic amines is 1. The number of H-pyrrole nitrogens is 1. The van der Waals surface area contributed by atoms with E-state index in [0.717, 1.165) is 35.1 Å². The largest absolute Gasteiger partial charge is 0.452 e. The van der Waals surface area contributed by atoms with E-state index < -0.39 is 5.97 Å². The van der Waals surface area contributed by atoms with Gasteiger partial charge in [0.2, 0.25) is 0 Å². The van der Waals surface area contributed by atoms with Gasteiger partial charge in [0.15, 0.2) is 6.61 Å². The van der Waals surface area contributed by atoms with E-state index in [2.05, 4.69) is 9.97 Å². The first-order valence-corrected chi connectivity index (χ1v) is 8.21. The fraction of sp³-hybridized carbons (Fsp3) is 0.211. The van der Waals surface area contributed by atoms with Crippen molar-refractivity contribution in [3.05, 3.63) is 59.9 Å². The number of aryl methyl sites for hydroxylation is 1. The second kappa shape index (κ2) is 6.39. The van der Waals surface area contributed by atoms with Crippen LogP contribution < -0.4 is 4.90 Å². The molecule has 2 aromatic carbocycles. The summed E-state index contributed by atoms with van der Waals surface area (Å²) in [6.07, 6.45) is 3.44. The first-order valence-electron chi connectivity index (χ1n) is 8.21. The maximum absolute atomic E-state index is 12.5. The number of hydrogen-bond donors (Lipinski definition) is 1. The number of nitrogens with zero attached hydrogens (tertiary/aromatic N) is 2. The summed E-state index contributed by atoms with van der Waals surface area (Å²) in [7, 11) is 0. The molecule has 25 heavy (non-hydrogen) atoms. The van der Waals surface area contributed by atoms with Gasteiger partial charge in [-0.15, -0.1) is 0 Å². The van der Waals surface area contributed by atoms with E-state index >= 15 is 0 Å². The van der Waals surface area contributed by atoms with Gasteiger partial charge in [-0.25, -0.2) is 9.78 Å². The highest BCUT2D eigenvalue weighted by molar-refractivity contribution is 5.98. The number of benzene rings is 2. The van der Waals surface area contributed by atoms with Crippen molar-refractivity contribution in [2.24, 2.45) is 0 Å². The standard InChI is InChI=1S/C19H17N3O3/c23-18(22-9-3-5-13-4-1-2-6-17(13)22)11-25-19(24)14-7-8-15-16(10-14)21-12-20-15/h1-2,4,6-8,10,12H,3,5,9,11H2,(H,20,21). The molecule has 0 fully saturated rings. The van der Waals surface area contributed by atoms with Crippen molar-refractivity contribution in [3.63, 3.8) is 0 Å². The Morgan fingerprint density at radius 1 is 1.20 bits per heavy atom. The van der Waals surface area contributed by atoms with Crippen molar-refractivity contribution in [1.82, 2.24) is 9.97 Å². The van der Waals surface area contributed by atoms with E-state index in [4.69, 9.17) is 4.74 Å². The molecule has 1 N–H and O–H groups in total. The Morgan fingerprint density at radius 3 is 3.00 bits per heavy atom. The Morgan fingerprint density at radius 2 is 2.08 bits per heavy atom.